The maximum Gasteiger partial charge on any atom is 0.325 e. The van der Waals surface area contributed by atoms with Crippen LogP contribution in [0.2, 0.25) is 0 Å². The second-order valence-electron chi connectivity index (χ2n) is 7.30. The van der Waals surface area contributed by atoms with Crippen LogP contribution in [0.25, 0.3) is 0 Å². The Morgan fingerprint density at radius 2 is 2.03 bits per heavy atom. The molecule has 0 heterocycles. The Morgan fingerprint density at radius 3 is 2.64 bits per heavy atom. The van der Waals surface area contributed by atoms with E-state index in [1.54, 1.807) is 37.3 Å². The van der Waals surface area contributed by atoms with Gasteiger partial charge in [-0.3, -0.25) is 19.9 Å². The number of nitrogens with one attached hydrogen (secondary N) is 1. The molecule has 0 aliphatic carbocycles. The summed E-state index contributed by atoms with van der Waals surface area (Å²) >= 11 is 0. The van der Waals surface area contributed by atoms with Gasteiger partial charge < -0.3 is 30.3 Å². The number of aliphatic imine (C=N–C) groups is 3. The first-order valence-corrected chi connectivity index (χ1v) is 11.7. The number of hydrogen-bond acceptors (Lipinski definition) is 9. The van der Waals surface area contributed by atoms with Crippen molar-refractivity contribution in [1.29, 1.82) is 0 Å². The first kappa shape index (κ1) is 32.3. The fourth-order valence-electron chi connectivity index (χ4n) is 2.50. The van der Waals surface area contributed by atoms with Gasteiger partial charge in [-0.15, -0.1) is 0 Å². The Kier molecular flexibility index (Phi) is 18.5. The monoisotopic (exact) mass is 508 g/mol. The van der Waals surface area contributed by atoms with Gasteiger partial charge in [0.1, 0.15) is 12.4 Å². The zero-order valence-electron chi connectivity index (χ0n) is 21.9. The fourth-order valence-corrected chi connectivity index (χ4v) is 2.50. The lowest BCUT2D eigenvalue weighted by atomic mass is 10.3. The van der Waals surface area contributed by atoms with E-state index in [1.807, 2.05) is 31.9 Å². The fraction of sp³-hybridized carbons (Fsp3) is 0.565. The smallest absolute Gasteiger partial charge is 0.325 e. The molecule has 0 unspecified atom stereocenters. The van der Waals surface area contributed by atoms with Gasteiger partial charge >= 0.3 is 5.97 Å². The van der Waals surface area contributed by atoms with E-state index in [4.69, 9.17) is 15.2 Å². The van der Waals surface area contributed by atoms with Gasteiger partial charge in [0.25, 0.3) is 6.20 Å². The highest BCUT2D eigenvalue weighted by atomic mass is 16.6. The van der Waals surface area contributed by atoms with Gasteiger partial charge in [-0.05, 0) is 32.4 Å². The van der Waals surface area contributed by atoms with E-state index in [0.29, 0.717) is 32.4 Å². The highest BCUT2D eigenvalue weighted by Crippen LogP contribution is 2.02. The van der Waals surface area contributed by atoms with Crippen LogP contribution < -0.4 is 11.1 Å². The lowest BCUT2D eigenvalue weighted by Gasteiger charge is -2.18. The Labute approximate surface area is 213 Å². The van der Waals surface area contributed by atoms with Gasteiger partial charge in [0.15, 0.2) is 5.82 Å². The van der Waals surface area contributed by atoms with Crippen LogP contribution in [0.1, 0.15) is 33.6 Å². The van der Waals surface area contributed by atoms with Crippen molar-refractivity contribution in [3.8, 4) is 0 Å². The Balaban J connectivity index is 5.46. The van der Waals surface area contributed by atoms with Crippen molar-refractivity contribution in [2.75, 3.05) is 53.6 Å². The Morgan fingerprint density at radius 1 is 1.28 bits per heavy atom. The highest BCUT2D eigenvalue weighted by molar-refractivity contribution is 5.89. The van der Waals surface area contributed by atoms with E-state index in [0.717, 1.165) is 18.7 Å². The molecule has 13 heteroatoms. The largest absolute Gasteiger partial charge is 0.465 e. The number of esters is 1. The number of guanidine groups is 1. The minimum Gasteiger partial charge on any atom is -0.465 e. The summed E-state index contributed by atoms with van der Waals surface area (Å²) in [5, 5.41) is 13.3. The molecule has 0 spiro atoms. The summed E-state index contributed by atoms with van der Waals surface area (Å²) in [6.45, 7) is 7.92. The summed E-state index contributed by atoms with van der Waals surface area (Å²) < 4.78 is 10.1. The molecule has 0 aromatic heterocycles. The molecule has 0 amide bonds. The number of nitrogens with two attached hydrogens (primary N) is 1. The minimum atomic E-state index is -0.677. The van der Waals surface area contributed by atoms with E-state index >= 15 is 0 Å². The summed E-state index contributed by atoms with van der Waals surface area (Å²) in [6, 6.07) is 0. The van der Waals surface area contributed by atoms with E-state index in [9.17, 15) is 14.9 Å². The number of nitro groups is 1. The molecule has 0 aromatic carbocycles. The van der Waals surface area contributed by atoms with Crippen LogP contribution in [0.3, 0.4) is 0 Å². The molecule has 0 radical (unpaired) electrons. The average Bonchev–Trinajstić information content (AvgIpc) is 2.82. The number of carbonyl (C=O) groups excluding carboxylic acids is 1. The third-order valence-electron chi connectivity index (χ3n) is 4.30. The summed E-state index contributed by atoms with van der Waals surface area (Å²) in [6.07, 6.45) is 10.9. The Bertz CT molecular complexity index is 836. The number of allylic oxidation sites excluding steroid dienone is 2. The number of rotatable bonds is 17. The molecule has 13 nitrogen and oxygen atoms in total. The molecule has 0 aromatic rings. The molecule has 0 atom stereocenters. The predicted molar refractivity (Wildman–Crippen MR) is 142 cm³/mol. The van der Waals surface area contributed by atoms with Crippen LogP contribution in [0, 0.1) is 10.1 Å². The van der Waals surface area contributed by atoms with E-state index in [1.165, 1.54) is 6.34 Å². The molecule has 0 saturated heterocycles. The third-order valence-corrected chi connectivity index (χ3v) is 4.30. The maximum absolute atomic E-state index is 12.0. The van der Waals surface area contributed by atoms with Crippen LogP contribution in [0.15, 0.2) is 51.0 Å². The molecule has 0 aliphatic rings. The zero-order valence-corrected chi connectivity index (χ0v) is 21.9. The van der Waals surface area contributed by atoms with E-state index in [2.05, 4.69) is 20.3 Å². The molecular formula is C23H40N8O5. The van der Waals surface area contributed by atoms with E-state index < -0.39 is 10.9 Å². The van der Waals surface area contributed by atoms with E-state index in [-0.39, 0.29) is 24.9 Å². The standard InChI is InChI=1S/C23H40N8O5/c1-6-9-12-26-23(28-20(24)17-31(33)34)27-19-30(18-22(32)36-8-3)14-11-10-13-25-21(7-2)29(4)15-16-35-5/h7,10-11,13,17,19H,6,8-9,12,14-16,18,24H2,1-5H3,(H,26,28)/b11-10+,20-17-,21-7+,25-13-,27-19+. The minimum absolute atomic E-state index is 0.0544. The van der Waals surface area contributed by atoms with Crippen LogP contribution in [-0.4, -0.2) is 92.8 Å². The summed E-state index contributed by atoms with van der Waals surface area (Å²) in [4.78, 5) is 38.5. The highest BCUT2D eigenvalue weighted by Gasteiger charge is 2.08. The lowest BCUT2D eigenvalue weighted by Crippen LogP contribution is -2.32. The number of methoxy groups -OCH3 is 1. The average molecular weight is 509 g/mol. The van der Waals surface area contributed by atoms with Gasteiger partial charge in [0, 0.05) is 40.0 Å². The SMILES string of the molecule is C\C=C(/N=C\C=C\CN(/C=N/C(=NCCCC)N/C(N)=C\[N+](=O)[O-])CC(=O)OCC)N(C)CCOC. The van der Waals surface area contributed by atoms with Gasteiger partial charge in [0.05, 0.1) is 24.5 Å². The van der Waals surface area contributed by atoms with Gasteiger partial charge in [-0.25, -0.2) is 9.98 Å². The molecule has 0 aliphatic heterocycles. The molecule has 0 fully saturated rings. The number of ether oxygens (including phenoxy) is 2. The van der Waals surface area contributed by atoms with Crippen LogP contribution in [-0.2, 0) is 14.3 Å². The van der Waals surface area contributed by atoms with Gasteiger partial charge in [-0.1, -0.05) is 19.4 Å². The molecular weight excluding hydrogens is 468 g/mol. The van der Waals surface area contributed by atoms with Crippen LogP contribution in [0.5, 0.6) is 0 Å². The number of carbonyl (C=O) groups is 1. The van der Waals surface area contributed by atoms with Crippen molar-refractivity contribution in [2.24, 2.45) is 20.7 Å². The molecule has 0 bridgehead atoms. The summed E-state index contributed by atoms with van der Waals surface area (Å²) in [5.74, 6) is 0.249. The molecule has 0 saturated carbocycles. The number of hydrogen-bond donors (Lipinski definition) is 2. The number of nitrogens with zero attached hydrogens (tertiary/aromatic N) is 6. The summed E-state index contributed by atoms with van der Waals surface area (Å²) in [5.41, 5.74) is 5.63. The maximum atomic E-state index is 12.0. The first-order chi connectivity index (χ1) is 17.3. The van der Waals surface area contributed by atoms with Crippen LogP contribution >= 0.6 is 0 Å². The molecule has 202 valence electrons. The van der Waals surface area contributed by atoms with Crippen molar-refractivity contribution >= 4 is 24.5 Å². The summed E-state index contributed by atoms with van der Waals surface area (Å²) in [7, 11) is 3.57. The van der Waals surface area contributed by atoms with Crippen molar-refractivity contribution < 1.29 is 19.2 Å². The third kappa shape index (κ3) is 16.8. The Hall–Kier alpha value is -3.74. The predicted octanol–water partition coefficient (Wildman–Crippen LogP) is 1.73. The second-order valence-corrected chi connectivity index (χ2v) is 7.30. The number of unbranched alkanes of at least 4 members (excludes halogenated alkanes) is 1. The van der Waals surface area contributed by atoms with Gasteiger partial charge in [-0.2, -0.15) is 0 Å². The quantitative estimate of drug-likeness (QED) is 0.0744. The van der Waals surface area contributed by atoms with Gasteiger partial charge in [0.2, 0.25) is 5.96 Å². The normalized spacial score (nSPS) is 13.1. The lowest BCUT2D eigenvalue weighted by molar-refractivity contribution is -0.403. The molecule has 36 heavy (non-hydrogen) atoms. The van der Waals surface area contributed by atoms with Crippen molar-refractivity contribution in [3.05, 3.63) is 46.2 Å². The molecule has 0 rings (SSSR count). The van der Waals surface area contributed by atoms with Crippen molar-refractivity contribution in [3.63, 3.8) is 0 Å². The first-order valence-electron chi connectivity index (χ1n) is 11.7. The molecule has 3 N–H and O–H groups in total. The second kappa shape index (κ2) is 20.6. The number of likely N-dealkylation sites (N-methyl/N-ethyl adjacent to an activating group) is 1. The van der Waals surface area contributed by atoms with Crippen LogP contribution in [0.4, 0.5) is 0 Å². The van der Waals surface area contributed by atoms with Crippen molar-refractivity contribution in [2.45, 2.75) is 33.6 Å². The van der Waals surface area contributed by atoms with Crippen molar-refractivity contribution in [1.82, 2.24) is 15.1 Å². The zero-order chi connectivity index (χ0) is 27.2. The topological polar surface area (TPSA) is 160 Å².